The second kappa shape index (κ2) is 5.58. The van der Waals surface area contributed by atoms with Gasteiger partial charge in [-0.3, -0.25) is 0 Å². The molecule has 3 N–H and O–H groups in total. The molecule has 1 aliphatic rings. The predicted molar refractivity (Wildman–Crippen MR) is 72.3 cm³/mol. The van der Waals surface area contributed by atoms with Crippen molar-refractivity contribution in [1.29, 1.82) is 0 Å². The zero-order valence-electron chi connectivity index (χ0n) is 8.62. The van der Waals surface area contributed by atoms with Crippen LogP contribution in [0.5, 0.6) is 5.75 Å². The van der Waals surface area contributed by atoms with Crippen LogP contribution in [0.1, 0.15) is 30.9 Å². The molecule has 5 heteroatoms. The zero-order valence-corrected chi connectivity index (χ0v) is 11.8. The van der Waals surface area contributed by atoms with Crippen LogP contribution in [0, 0.1) is 5.92 Å². The molecular weight excluding hydrogens is 313 g/mol. The van der Waals surface area contributed by atoms with E-state index in [1.54, 1.807) is 12.1 Å². The number of hydrogen-bond acceptors (Lipinski definition) is 2. The van der Waals surface area contributed by atoms with Gasteiger partial charge in [-0.25, -0.2) is 0 Å². The number of nitrogens with two attached hydrogens (primary N) is 1. The molecule has 1 saturated carbocycles. The summed E-state index contributed by atoms with van der Waals surface area (Å²) in [5.41, 5.74) is 6.78. The maximum Gasteiger partial charge on any atom is 0.136 e. The first-order valence-corrected chi connectivity index (χ1v) is 6.21. The highest BCUT2D eigenvalue weighted by molar-refractivity contribution is 9.10. The first-order chi connectivity index (χ1) is 7.11. The Morgan fingerprint density at radius 1 is 1.44 bits per heavy atom. The molecule has 90 valence electrons. The maximum atomic E-state index is 9.91. The Morgan fingerprint density at radius 3 is 2.56 bits per heavy atom. The molecule has 0 unspecified atom stereocenters. The molecule has 0 bridgehead atoms. The van der Waals surface area contributed by atoms with Gasteiger partial charge in [0.05, 0.1) is 4.47 Å². The molecule has 0 heterocycles. The maximum absolute atomic E-state index is 9.91. The fourth-order valence-electron chi connectivity index (χ4n) is 1.91. The van der Waals surface area contributed by atoms with E-state index in [-0.39, 0.29) is 24.2 Å². The second-order valence-corrected chi connectivity index (χ2v) is 5.27. The Kier molecular flexibility index (Phi) is 4.92. The van der Waals surface area contributed by atoms with E-state index >= 15 is 0 Å². The van der Waals surface area contributed by atoms with Gasteiger partial charge in [0, 0.05) is 16.6 Å². The van der Waals surface area contributed by atoms with Crippen LogP contribution < -0.4 is 5.73 Å². The van der Waals surface area contributed by atoms with Crippen LogP contribution in [0.4, 0.5) is 0 Å². The number of phenolic OH excluding ortho intramolecular Hbond substituents is 1. The van der Waals surface area contributed by atoms with Crippen molar-refractivity contribution >= 4 is 39.9 Å². The largest absolute Gasteiger partial charge is 0.506 e. The SMILES string of the molecule is Cl.N[C@@H](c1c(Cl)ccc(Br)c1O)C1CCC1. The average Bonchev–Trinajstić information content (AvgIpc) is 2.09. The van der Waals surface area contributed by atoms with E-state index in [1.165, 1.54) is 6.42 Å². The molecule has 0 amide bonds. The lowest BCUT2D eigenvalue weighted by Crippen LogP contribution is -2.27. The number of hydrogen-bond donors (Lipinski definition) is 2. The molecule has 0 aliphatic heterocycles. The van der Waals surface area contributed by atoms with Gasteiger partial charge in [-0.1, -0.05) is 18.0 Å². The highest BCUT2D eigenvalue weighted by Crippen LogP contribution is 2.43. The smallest absolute Gasteiger partial charge is 0.136 e. The van der Waals surface area contributed by atoms with Crippen molar-refractivity contribution in [2.45, 2.75) is 25.3 Å². The van der Waals surface area contributed by atoms with E-state index in [4.69, 9.17) is 17.3 Å². The van der Waals surface area contributed by atoms with E-state index in [0.29, 0.717) is 21.0 Å². The molecule has 2 nitrogen and oxygen atoms in total. The van der Waals surface area contributed by atoms with E-state index in [9.17, 15) is 5.11 Å². The minimum atomic E-state index is -0.149. The van der Waals surface area contributed by atoms with E-state index in [1.807, 2.05) is 0 Å². The molecule has 1 aliphatic carbocycles. The van der Waals surface area contributed by atoms with Crippen LogP contribution in [0.2, 0.25) is 5.02 Å². The summed E-state index contributed by atoms with van der Waals surface area (Å²) in [7, 11) is 0. The van der Waals surface area contributed by atoms with Crippen molar-refractivity contribution in [1.82, 2.24) is 0 Å². The van der Waals surface area contributed by atoms with Gasteiger partial charge in [-0.15, -0.1) is 12.4 Å². The lowest BCUT2D eigenvalue weighted by Gasteiger charge is -2.32. The third kappa shape index (κ3) is 2.48. The van der Waals surface area contributed by atoms with Crippen LogP contribution in [-0.2, 0) is 0 Å². The summed E-state index contributed by atoms with van der Waals surface area (Å²) < 4.78 is 0.650. The molecule has 1 aromatic rings. The second-order valence-electron chi connectivity index (χ2n) is 4.01. The van der Waals surface area contributed by atoms with Crippen molar-refractivity contribution < 1.29 is 5.11 Å². The minimum absolute atomic E-state index is 0. The van der Waals surface area contributed by atoms with Gasteiger partial charge in [0.25, 0.3) is 0 Å². The highest BCUT2D eigenvalue weighted by atomic mass is 79.9. The van der Waals surface area contributed by atoms with Gasteiger partial charge in [-0.2, -0.15) is 0 Å². The zero-order chi connectivity index (χ0) is 11.0. The Morgan fingerprint density at radius 2 is 2.06 bits per heavy atom. The first-order valence-electron chi connectivity index (χ1n) is 5.03. The molecule has 1 aromatic carbocycles. The average molecular weight is 327 g/mol. The fraction of sp³-hybridized carbons (Fsp3) is 0.455. The van der Waals surface area contributed by atoms with Gasteiger partial charge in [-0.05, 0) is 46.8 Å². The van der Waals surface area contributed by atoms with Crippen LogP contribution in [0.3, 0.4) is 0 Å². The van der Waals surface area contributed by atoms with Gasteiger partial charge in [0.1, 0.15) is 5.75 Å². The summed E-state index contributed by atoms with van der Waals surface area (Å²) in [6.45, 7) is 0. The summed E-state index contributed by atoms with van der Waals surface area (Å²) in [5, 5.41) is 10.5. The molecule has 0 aromatic heterocycles. The highest BCUT2D eigenvalue weighted by Gasteiger charge is 2.29. The summed E-state index contributed by atoms with van der Waals surface area (Å²) >= 11 is 9.33. The summed E-state index contributed by atoms with van der Waals surface area (Å²) in [4.78, 5) is 0. The molecule has 0 spiro atoms. The van der Waals surface area contributed by atoms with Crippen molar-refractivity contribution in [3.8, 4) is 5.75 Å². The molecule has 0 saturated heterocycles. The van der Waals surface area contributed by atoms with Crippen LogP contribution in [0.15, 0.2) is 16.6 Å². The Balaban J connectivity index is 0.00000128. The Labute approximate surface area is 115 Å². The van der Waals surface area contributed by atoms with E-state index in [2.05, 4.69) is 15.9 Å². The van der Waals surface area contributed by atoms with Gasteiger partial charge in [0.2, 0.25) is 0 Å². The lowest BCUT2D eigenvalue weighted by molar-refractivity contribution is 0.260. The topological polar surface area (TPSA) is 46.2 Å². The van der Waals surface area contributed by atoms with Crippen LogP contribution >= 0.6 is 39.9 Å². The molecule has 1 atom stereocenters. The predicted octanol–water partition coefficient (Wildman–Crippen LogP) is 4.03. The van der Waals surface area contributed by atoms with E-state index < -0.39 is 0 Å². The Bertz CT molecular complexity index is 382. The fourth-order valence-corrected chi connectivity index (χ4v) is 2.53. The van der Waals surface area contributed by atoms with Crippen molar-refractivity contribution in [2.24, 2.45) is 11.7 Å². The summed E-state index contributed by atoms with van der Waals surface area (Å²) in [5.74, 6) is 0.643. The minimum Gasteiger partial charge on any atom is -0.506 e. The van der Waals surface area contributed by atoms with Gasteiger partial charge in [0.15, 0.2) is 0 Å². The van der Waals surface area contributed by atoms with Crippen molar-refractivity contribution in [3.63, 3.8) is 0 Å². The summed E-state index contributed by atoms with van der Waals surface area (Å²) in [6.07, 6.45) is 3.48. The van der Waals surface area contributed by atoms with E-state index in [0.717, 1.165) is 12.8 Å². The molecule has 0 radical (unpaired) electrons. The lowest BCUT2D eigenvalue weighted by atomic mass is 9.77. The number of phenols is 1. The van der Waals surface area contributed by atoms with Crippen LogP contribution in [-0.4, -0.2) is 5.11 Å². The third-order valence-electron chi connectivity index (χ3n) is 3.11. The first kappa shape index (κ1) is 14.1. The number of halogens is 3. The third-order valence-corrected chi connectivity index (χ3v) is 4.08. The molecule has 2 rings (SSSR count). The number of benzene rings is 1. The van der Waals surface area contributed by atoms with Crippen molar-refractivity contribution in [3.05, 3.63) is 27.2 Å². The Hall–Kier alpha value is 0.0400. The molecule has 16 heavy (non-hydrogen) atoms. The number of aromatic hydroxyl groups is 1. The standard InChI is InChI=1S/C11H13BrClNO.ClH/c12-7-4-5-8(13)9(11(7)15)10(14)6-2-1-3-6;/h4-6,10,15H,1-3,14H2;1H/t10-;/m1./s1. The molecule has 1 fully saturated rings. The molecular formula is C11H14BrCl2NO. The quantitative estimate of drug-likeness (QED) is 0.861. The summed E-state index contributed by atoms with van der Waals surface area (Å²) in [6, 6.07) is 3.34. The van der Waals surface area contributed by atoms with Gasteiger partial charge < -0.3 is 10.8 Å². The van der Waals surface area contributed by atoms with Crippen LogP contribution in [0.25, 0.3) is 0 Å². The monoisotopic (exact) mass is 325 g/mol. The van der Waals surface area contributed by atoms with Crippen molar-refractivity contribution in [2.75, 3.05) is 0 Å². The number of rotatable bonds is 2. The normalized spacial score (nSPS) is 17.4. The van der Waals surface area contributed by atoms with Gasteiger partial charge >= 0.3 is 0 Å².